The molecule has 11 heteroatoms. The Labute approximate surface area is 198 Å². The second-order valence-electron chi connectivity index (χ2n) is 7.77. The Morgan fingerprint density at radius 2 is 1.00 bits per heavy atom. The zero-order valence-electron chi connectivity index (χ0n) is 18.9. The Morgan fingerprint density at radius 3 is 1.29 bits per heavy atom. The lowest BCUT2D eigenvalue weighted by Crippen LogP contribution is -2.00. The molecule has 0 saturated heterocycles. The molecule has 3 rings (SSSR count). The number of pyridine rings is 1. The van der Waals surface area contributed by atoms with E-state index in [1.165, 1.54) is 36.7 Å². The highest BCUT2D eigenvalue weighted by molar-refractivity contribution is 7.86. The predicted octanol–water partition coefficient (Wildman–Crippen LogP) is 4.31. The van der Waals surface area contributed by atoms with Crippen LogP contribution in [0.25, 0.3) is 0 Å². The van der Waals surface area contributed by atoms with E-state index in [1.807, 2.05) is 0 Å². The molecule has 0 aliphatic carbocycles. The molecule has 1 heterocycles. The van der Waals surface area contributed by atoms with Crippen molar-refractivity contribution < 1.29 is 25.9 Å². The second kappa shape index (κ2) is 9.55. The van der Waals surface area contributed by atoms with E-state index in [0.29, 0.717) is 45.0 Å². The lowest BCUT2D eigenvalue weighted by atomic mass is 10.1. The Balaban J connectivity index is 1.88. The Kier molecular flexibility index (Phi) is 7.13. The highest BCUT2D eigenvalue weighted by Gasteiger charge is 2.14. The number of hydrogen-bond donors (Lipinski definition) is 2. The van der Waals surface area contributed by atoms with Crippen LogP contribution in [0.1, 0.15) is 33.6 Å². The fourth-order valence-corrected chi connectivity index (χ4v) is 4.71. The average Bonchev–Trinajstić information content (AvgIpc) is 2.71. The molecule has 3 aromatic rings. The molecule has 2 N–H and O–H groups in total. The monoisotopic (exact) mass is 501 g/mol. The summed E-state index contributed by atoms with van der Waals surface area (Å²) < 4.78 is 64.1. The quantitative estimate of drug-likeness (QED) is 0.378. The van der Waals surface area contributed by atoms with Crippen molar-refractivity contribution >= 4 is 44.0 Å². The van der Waals surface area contributed by atoms with Gasteiger partial charge in [0.25, 0.3) is 20.2 Å². The second-order valence-corrected chi connectivity index (χ2v) is 10.6. The van der Waals surface area contributed by atoms with Gasteiger partial charge in [-0.05, 0) is 86.3 Å². The number of aromatic nitrogens is 1. The van der Waals surface area contributed by atoms with Crippen LogP contribution in [0, 0.1) is 27.7 Å². The number of aryl methyl sites for hydroxylation is 4. The summed E-state index contributed by atoms with van der Waals surface area (Å²) in [5.41, 5.74) is 4.55. The molecular weight excluding hydrogens is 478 g/mol. The molecule has 0 aliphatic heterocycles. The highest BCUT2D eigenvalue weighted by atomic mass is 32.2. The van der Waals surface area contributed by atoms with Gasteiger partial charge in [-0.2, -0.15) is 16.8 Å². The Morgan fingerprint density at radius 1 is 0.676 bits per heavy atom. The summed E-state index contributed by atoms with van der Waals surface area (Å²) >= 11 is 0. The molecule has 0 unspecified atom stereocenters. The first kappa shape index (κ1) is 25.4. The van der Waals surface area contributed by atoms with Crippen LogP contribution in [0.2, 0.25) is 0 Å². The topological polar surface area (TPSA) is 146 Å². The molecule has 0 amide bonds. The molecule has 178 valence electrons. The largest absolute Gasteiger partial charge is 0.294 e. The smallest absolute Gasteiger partial charge is 0.282 e. The third-order valence-corrected chi connectivity index (χ3v) is 6.63. The van der Waals surface area contributed by atoms with Crippen LogP contribution < -0.4 is 0 Å². The van der Waals surface area contributed by atoms with Gasteiger partial charge in [0.05, 0.1) is 45.0 Å². The molecule has 34 heavy (non-hydrogen) atoms. The van der Waals surface area contributed by atoms with E-state index in [1.54, 1.807) is 45.9 Å². The lowest BCUT2D eigenvalue weighted by Gasteiger charge is -2.08. The maximum Gasteiger partial charge on any atom is 0.294 e. The fraction of sp³-hybridized carbons (Fsp3) is 0.174. The van der Waals surface area contributed by atoms with Crippen LogP contribution in [0.5, 0.6) is 0 Å². The normalized spacial score (nSPS) is 12.6. The highest BCUT2D eigenvalue weighted by Crippen LogP contribution is 2.28. The molecule has 0 aliphatic rings. The minimum Gasteiger partial charge on any atom is -0.282 e. The van der Waals surface area contributed by atoms with E-state index in [4.69, 9.17) is 0 Å². The number of nitrogens with zero attached hydrogens (tertiary/aromatic N) is 3. The number of rotatable bonds is 6. The third-order valence-electron chi connectivity index (χ3n) is 4.97. The van der Waals surface area contributed by atoms with Crippen LogP contribution in [0.3, 0.4) is 0 Å². The molecule has 1 aromatic heterocycles. The van der Waals surface area contributed by atoms with E-state index in [2.05, 4.69) is 15.0 Å². The maximum atomic E-state index is 11.4. The summed E-state index contributed by atoms with van der Waals surface area (Å²) in [7, 11) is -8.61. The summed E-state index contributed by atoms with van der Waals surface area (Å²) in [4.78, 5) is 13.0. The van der Waals surface area contributed by atoms with Crippen molar-refractivity contribution in [2.24, 2.45) is 9.98 Å². The number of benzene rings is 2. The first-order chi connectivity index (χ1) is 15.8. The molecule has 2 aromatic carbocycles. The number of aliphatic imine (C=N–C) groups is 2. The standard InChI is InChI=1S/C23H23N3O6S2/c1-14-8-20(33(27,28)29)9-15(2)22(14)24-12-18-6-5-7-19(26-18)13-25-23-16(3)10-21(11-17(23)4)34(30,31)32/h5-13H,1-4H3,(H,27,28,29)(H,30,31,32). The van der Waals surface area contributed by atoms with Crippen molar-refractivity contribution in [3.63, 3.8) is 0 Å². The average molecular weight is 502 g/mol. The molecule has 0 fully saturated rings. The van der Waals surface area contributed by atoms with Gasteiger partial charge < -0.3 is 0 Å². The van der Waals surface area contributed by atoms with Gasteiger partial charge in [0.1, 0.15) is 0 Å². The van der Waals surface area contributed by atoms with Crippen LogP contribution in [0.4, 0.5) is 11.4 Å². The zero-order valence-corrected chi connectivity index (χ0v) is 20.5. The van der Waals surface area contributed by atoms with Crippen molar-refractivity contribution in [1.29, 1.82) is 0 Å². The summed E-state index contributed by atoms with van der Waals surface area (Å²) in [6.45, 7) is 6.79. The fourth-order valence-electron chi connectivity index (χ4n) is 3.41. The van der Waals surface area contributed by atoms with E-state index >= 15 is 0 Å². The summed E-state index contributed by atoms with van der Waals surface area (Å²) in [6.07, 6.45) is 3.08. The minimum absolute atomic E-state index is 0.187. The molecule has 0 spiro atoms. The summed E-state index contributed by atoms with van der Waals surface area (Å²) in [5, 5.41) is 0. The van der Waals surface area contributed by atoms with Gasteiger partial charge in [0, 0.05) is 0 Å². The van der Waals surface area contributed by atoms with Crippen LogP contribution >= 0.6 is 0 Å². The lowest BCUT2D eigenvalue weighted by molar-refractivity contribution is 0.481. The molecule has 0 saturated carbocycles. The van der Waals surface area contributed by atoms with Crippen molar-refractivity contribution in [2.45, 2.75) is 37.5 Å². The van der Waals surface area contributed by atoms with Crippen LogP contribution in [0.15, 0.2) is 62.2 Å². The molecule has 9 nitrogen and oxygen atoms in total. The van der Waals surface area contributed by atoms with Crippen molar-refractivity contribution in [3.05, 3.63) is 76.1 Å². The predicted molar refractivity (Wildman–Crippen MR) is 130 cm³/mol. The summed E-state index contributed by atoms with van der Waals surface area (Å²) in [5.74, 6) is 0. The van der Waals surface area contributed by atoms with Gasteiger partial charge in [-0.1, -0.05) is 6.07 Å². The van der Waals surface area contributed by atoms with E-state index in [9.17, 15) is 25.9 Å². The molecule has 0 bridgehead atoms. The Bertz CT molecular complexity index is 1380. The van der Waals surface area contributed by atoms with E-state index in [-0.39, 0.29) is 9.79 Å². The van der Waals surface area contributed by atoms with E-state index < -0.39 is 20.2 Å². The van der Waals surface area contributed by atoms with Gasteiger partial charge in [0.15, 0.2) is 0 Å². The maximum absolute atomic E-state index is 11.4. The minimum atomic E-state index is -4.30. The van der Waals surface area contributed by atoms with Crippen molar-refractivity contribution in [3.8, 4) is 0 Å². The zero-order chi connectivity index (χ0) is 25.3. The van der Waals surface area contributed by atoms with Crippen molar-refractivity contribution in [2.75, 3.05) is 0 Å². The van der Waals surface area contributed by atoms with Gasteiger partial charge in [-0.3, -0.25) is 19.1 Å². The van der Waals surface area contributed by atoms with Gasteiger partial charge in [0.2, 0.25) is 0 Å². The van der Waals surface area contributed by atoms with Gasteiger partial charge >= 0.3 is 0 Å². The first-order valence-corrected chi connectivity index (χ1v) is 12.9. The number of hydrogen-bond acceptors (Lipinski definition) is 7. The SMILES string of the molecule is Cc1cc(S(=O)(=O)O)cc(C)c1N=Cc1cccc(C=Nc2c(C)cc(S(=O)(=O)O)cc2C)n1. The molecule has 0 atom stereocenters. The van der Waals surface area contributed by atoms with Crippen LogP contribution in [-0.2, 0) is 20.2 Å². The molecular formula is C23H23N3O6S2. The first-order valence-electron chi connectivity index (χ1n) is 9.98. The van der Waals surface area contributed by atoms with Gasteiger partial charge in [-0.15, -0.1) is 0 Å². The van der Waals surface area contributed by atoms with Crippen molar-refractivity contribution in [1.82, 2.24) is 4.98 Å². The van der Waals surface area contributed by atoms with Gasteiger partial charge in [-0.25, -0.2) is 4.98 Å². The van der Waals surface area contributed by atoms with Crippen LogP contribution in [-0.4, -0.2) is 43.4 Å². The van der Waals surface area contributed by atoms with E-state index in [0.717, 1.165) is 0 Å². The molecule has 0 radical (unpaired) electrons. The summed E-state index contributed by atoms with van der Waals surface area (Å²) in [6, 6.07) is 10.7. The Hall–Kier alpha value is -3.25. The third kappa shape index (κ3) is 6.00.